The third kappa shape index (κ3) is 3.40. The fourth-order valence-electron chi connectivity index (χ4n) is 1.08. The number of carbonyl (C=O) groups is 1. The van der Waals surface area contributed by atoms with E-state index in [1.54, 1.807) is 11.3 Å². The maximum atomic E-state index is 10.7. The van der Waals surface area contributed by atoms with E-state index in [4.69, 9.17) is 5.11 Å². The number of rotatable bonds is 5. The minimum absolute atomic E-state index is 0.448. The summed E-state index contributed by atoms with van der Waals surface area (Å²) in [6, 6.07) is 1.54. The van der Waals surface area contributed by atoms with E-state index in [0.29, 0.717) is 13.0 Å². The van der Waals surface area contributed by atoms with E-state index in [1.807, 2.05) is 18.4 Å². The number of carboxylic acid groups (broad SMARTS) is 1. The minimum Gasteiger partial charge on any atom is -0.480 e. The Bertz CT molecular complexity index is 314. The molecular weight excluding hydrogens is 266 g/mol. The first-order valence-corrected chi connectivity index (χ1v) is 6.00. The van der Waals surface area contributed by atoms with Crippen molar-refractivity contribution in [3.8, 4) is 0 Å². The van der Waals surface area contributed by atoms with Gasteiger partial charge in [0.05, 0.1) is 0 Å². The average Bonchev–Trinajstić information content (AvgIpc) is 2.52. The van der Waals surface area contributed by atoms with Gasteiger partial charge in [0.25, 0.3) is 0 Å². The molecule has 2 N–H and O–H groups in total. The third-order valence-electron chi connectivity index (χ3n) is 1.85. The molecule has 1 atom stereocenters. The first-order chi connectivity index (χ1) is 6.63. The first-order valence-electron chi connectivity index (χ1n) is 4.32. The quantitative estimate of drug-likeness (QED) is 0.869. The number of aliphatic carboxylic acids is 1. The Morgan fingerprint density at radius 1 is 1.79 bits per heavy atom. The maximum absolute atomic E-state index is 10.7. The molecule has 1 unspecified atom stereocenters. The van der Waals surface area contributed by atoms with Crippen molar-refractivity contribution in [3.63, 3.8) is 0 Å². The Hall–Kier alpha value is -0.390. The van der Waals surface area contributed by atoms with Gasteiger partial charge in [0.15, 0.2) is 0 Å². The highest BCUT2D eigenvalue weighted by atomic mass is 79.9. The highest BCUT2D eigenvalue weighted by molar-refractivity contribution is 9.10. The lowest BCUT2D eigenvalue weighted by atomic mass is 10.2. The lowest BCUT2D eigenvalue weighted by Crippen LogP contribution is -2.35. The van der Waals surface area contributed by atoms with E-state index in [9.17, 15) is 4.79 Å². The number of hydrogen-bond acceptors (Lipinski definition) is 3. The summed E-state index contributed by atoms with van der Waals surface area (Å²) in [4.78, 5) is 11.8. The zero-order valence-electron chi connectivity index (χ0n) is 7.79. The Kier molecular flexibility index (Phi) is 4.57. The molecule has 0 amide bonds. The summed E-state index contributed by atoms with van der Waals surface area (Å²) in [5.74, 6) is -0.789. The lowest BCUT2D eigenvalue weighted by molar-refractivity contribution is -0.139. The number of hydrogen-bond donors (Lipinski definition) is 2. The van der Waals surface area contributed by atoms with Crippen LogP contribution in [-0.4, -0.2) is 17.1 Å². The van der Waals surface area contributed by atoms with Crippen molar-refractivity contribution >= 4 is 33.2 Å². The predicted molar refractivity (Wildman–Crippen MR) is 60.6 cm³/mol. The maximum Gasteiger partial charge on any atom is 0.320 e. The van der Waals surface area contributed by atoms with E-state index >= 15 is 0 Å². The van der Waals surface area contributed by atoms with Crippen LogP contribution in [0.25, 0.3) is 0 Å². The molecule has 0 fully saturated rings. The average molecular weight is 278 g/mol. The molecule has 0 aliphatic rings. The molecule has 1 rings (SSSR count). The van der Waals surface area contributed by atoms with E-state index < -0.39 is 12.0 Å². The fourth-order valence-corrected chi connectivity index (χ4v) is 2.48. The van der Waals surface area contributed by atoms with Gasteiger partial charge >= 0.3 is 5.97 Å². The fraction of sp³-hybridized carbons (Fsp3) is 0.444. The van der Waals surface area contributed by atoms with Gasteiger partial charge in [-0.15, -0.1) is 11.3 Å². The van der Waals surface area contributed by atoms with Crippen LogP contribution in [0.2, 0.25) is 0 Å². The summed E-state index contributed by atoms with van der Waals surface area (Å²) < 4.78 is 1.04. The normalized spacial score (nSPS) is 12.7. The first kappa shape index (κ1) is 11.7. The summed E-state index contributed by atoms with van der Waals surface area (Å²) in [6.07, 6.45) is 0.599. The second-order valence-corrected chi connectivity index (χ2v) is 4.82. The Labute approximate surface area is 95.3 Å². The zero-order chi connectivity index (χ0) is 10.6. The van der Waals surface area contributed by atoms with E-state index in [0.717, 1.165) is 9.35 Å². The van der Waals surface area contributed by atoms with Gasteiger partial charge in [0.2, 0.25) is 0 Å². The minimum atomic E-state index is -0.789. The van der Waals surface area contributed by atoms with Crippen molar-refractivity contribution in [2.45, 2.75) is 25.9 Å². The van der Waals surface area contributed by atoms with Crippen LogP contribution >= 0.6 is 27.3 Å². The Balaban J connectivity index is 2.43. The molecule has 0 bridgehead atoms. The largest absolute Gasteiger partial charge is 0.480 e. The molecule has 0 saturated heterocycles. The number of thiophene rings is 1. The monoisotopic (exact) mass is 277 g/mol. The molecule has 3 nitrogen and oxygen atoms in total. The van der Waals surface area contributed by atoms with Gasteiger partial charge in [-0.1, -0.05) is 6.92 Å². The standard InChI is InChI=1S/C9H12BrNO2S/c1-2-8(9(12)13)11-4-7-3-6(10)5-14-7/h3,5,8,11H,2,4H2,1H3,(H,12,13). The van der Waals surface area contributed by atoms with E-state index in [2.05, 4.69) is 21.2 Å². The van der Waals surface area contributed by atoms with Crippen molar-refractivity contribution in [1.82, 2.24) is 5.32 Å². The second kappa shape index (κ2) is 5.48. The van der Waals surface area contributed by atoms with Crippen LogP contribution in [0.3, 0.4) is 0 Å². The summed E-state index contributed by atoms with van der Waals surface area (Å²) in [6.45, 7) is 2.47. The van der Waals surface area contributed by atoms with Crippen LogP contribution < -0.4 is 5.32 Å². The molecule has 0 aliphatic carbocycles. The summed E-state index contributed by atoms with van der Waals surface area (Å²) >= 11 is 4.96. The second-order valence-electron chi connectivity index (χ2n) is 2.91. The zero-order valence-corrected chi connectivity index (χ0v) is 10.2. The van der Waals surface area contributed by atoms with E-state index in [-0.39, 0.29) is 0 Å². The van der Waals surface area contributed by atoms with Crippen molar-refractivity contribution in [2.75, 3.05) is 0 Å². The molecule has 0 saturated carbocycles. The summed E-state index contributed by atoms with van der Waals surface area (Å²) in [7, 11) is 0. The van der Waals surface area contributed by atoms with Crippen molar-refractivity contribution in [3.05, 3.63) is 20.8 Å². The van der Waals surface area contributed by atoms with Crippen molar-refractivity contribution in [1.29, 1.82) is 0 Å². The molecule has 5 heteroatoms. The smallest absolute Gasteiger partial charge is 0.320 e. The number of carboxylic acids is 1. The molecular formula is C9H12BrNO2S. The van der Waals surface area contributed by atoms with Gasteiger partial charge in [0.1, 0.15) is 6.04 Å². The number of nitrogens with one attached hydrogen (secondary N) is 1. The van der Waals surface area contributed by atoms with Crippen LogP contribution in [0.15, 0.2) is 15.9 Å². The highest BCUT2D eigenvalue weighted by Crippen LogP contribution is 2.19. The summed E-state index contributed by atoms with van der Waals surface area (Å²) in [5, 5.41) is 13.8. The van der Waals surface area contributed by atoms with Crippen molar-refractivity contribution < 1.29 is 9.90 Å². The van der Waals surface area contributed by atoms with Crippen LogP contribution in [-0.2, 0) is 11.3 Å². The molecule has 0 radical (unpaired) electrons. The van der Waals surface area contributed by atoms with Gasteiger partial charge in [0, 0.05) is 21.3 Å². The lowest BCUT2D eigenvalue weighted by Gasteiger charge is -2.10. The Morgan fingerprint density at radius 3 is 2.93 bits per heavy atom. The van der Waals surface area contributed by atoms with Crippen LogP contribution in [0.1, 0.15) is 18.2 Å². The molecule has 1 aromatic heterocycles. The number of halogens is 1. The predicted octanol–water partition coefficient (Wildman–Crippen LogP) is 2.46. The van der Waals surface area contributed by atoms with Gasteiger partial charge in [-0.2, -0.15) is 0 Å². The van der Waals surface area contributed by atoms with Gasteiger partial charge in [-0.3, -0.25) is 10.1 Å². The SMILES string of the molecule is CCC(NCc1cc(Br)cs1)C(=O)O. The molecule has 0 aromatic carbocycles. The van der Waals surface area contributed by atoms with E-state index in [1.165, 1.54) is 0 Å². The highest BCUT2D eigenvalue weighted by Gasteiger charge is 2.13. The molecule has 1 aromatic rings. The van der Waals surface area contributed by atoms with Crippen LogP contribution in [0, 0.1) is 0 Å². The summed E-state index contributed by atoms with van der Waals surface area (Å²) in [5.41, 5.74) is 0. The topological polar surface area (TPSA) is 49.3 Å². The third-order valence-corrected chi connectivity index (χ3v) is 3.55. The van der Waals surface area contributed by atoms with Crippen molar-refractivity contribution in [2.24, 2.45) is 0 Å². The Morgan fingerprint density at radius 2 is 2.50 bits per heavy atom. The van der Waals surface area contributed by atoms with Crippen LogP contribution in [0.4, 0.5) is 0 Å². The van der Waals surface area contributed by atoms with Gasteiger partial charge in [-0.25, -0.2) is 0 Å². The van der Waals surface area contributed by atoms with Gasteiger partial charge < -0.3 is 5.11 Å². The molecule has 0 aliphatic heterocycles. The molecule has 1 heterocycles. The van der Waals surface area contributed by atoms with Crippen LogP contribution in [0.5, 0.6) is 0 Å². The van der Waals surface area contributed by atoms with Gasteiger partial charge in [-0.05, 0) is 28.4 Å². The molecule has 0 spiro atoms. The molecule has 78 valence electrons. The molecule has 14 heavy (non-hydrogen) atoms.